The lowest BCUT2D eigenvalue weighted by molar-refractivity contribution is 0.101. The number of ketones is 1. The normalized spacial score (nSPS) is 17.7. The summed E-state index contributed by atoms with van der Waals surface area (Å²) in [5.41, 5.74) is 7.73. The molecule has 2 aliphatic rings. The van der Waals surface area contributed by atoms with E-state index in [1.54, 1.807) is 17.0 Å². The number of hydrazine groups is 1. The Morgan fingerprint density at radius 2 is 1.82 bits per heavy atom. The van der Waals surface area contributed by atoms with Crippen molar-refractivity contribution in [1.82, 2.24) is 30.4 Å². The molecule has 0 unspecified atom stereocenters. The standard InChI is InChI=1S/C25H31N7O2/c1-16-20-15-27-25(31(21-9-5-6-12-26-21)19-10-13-28-29-14-11-19)30-23(20)32(18-7-3-4-8-18)24(34)22(16)17(2)33/h5-6,9,12,15,18-19,28-29H,3-4,7-8,10-11,13-14H2,1-2H3. The maximum absolute atomic E-state index is 13.6. The Bertz CT molecular complexity index is 1240. The number of rotatable bonds is 5. The smallest absolute Gasteiger partial charge is 0.263 e. The minimum Gasteiger partial charge on any atom is -0.294 e. The number of nitrogens with zero attached hydrogens (tertiary/aromatic N) is 5. The Labute approximate surface area is 198 Å². The van der Waals surface area contributed by atoms with Gasteiger partial charge in [0.15, 0.2) is 5.78 Å². The van der Waals surface area contributed by atoms with E-state index in [0.29, 0.717) is 17.2 Å². The Balaban J connectivity index is 1.73. The van der Waals surface area contributed by atoms with Gasteiger partial charge in [0.25, 0.3) is 5.56 Å². The third-order valence-corrected chi connectivity index (χ3v) is 7.04. The summed E-state index contributed by atoms with van der Waals surface area (Å²) in [6.45, 7) is 4.91. The molecule has 1 aliphatic carbocycles. The summed E-state index contributed by atoms with van der Waals surface area (Å²) in [4.78, 5) is 42.4. The Kier molecular flexibility index (Phi) is 6.38. The Morgan fingerprint density at radius 3 is 2.47 bits per heavy atom. The van der Waals surface area contributed by atoms with Crippen molar-refractivity contribution < 1.29 is 4.79 Å². The van der Waals surface area contributed by atoms with Crippen molar-refractivity contribution in [2.45, 2.75) is 64.5 Å². The molecule has 1 saturated carbocycles. The van der Waals surface area contributed by atoms with Crippen LogP contribution in [0.3, 0.4) is 0 Å². The molecule has 178 valence electrons. The van der Waals surface area contributed by atoms with Gasteiger partial charge in [0.2, 0.25) is 5.95 Å². The molecular weight excluding hydrogens is 430 g/mol. The first-order valence-electron chi connectivity index (χ1n) is 12.1. The fourth-order valence-electron chi connectivity index (χ4n) is 5.36. The summed E-state index contributed by atoms with van der Waals surface area (Å²) in [7, 11) is 0. The second-order valence-electron chi connectivity index (χ2n) is 9.22. The summed E-state index contributed by atoms with van der Waals surface area (Å²) < 4.78 is 1.77. The van der Waals surface area contributed by atoms with E-state index >= 15 is 0 Å². The molecule has 9 heteroatoms. The molecule has 2 fully saturated rings. The molecule has 0 bridgehead atoms. The van der Waals surface area contributed by atoms with Crippen molar-refractivity contribution in [2.75, 3.05) is 18.0 Å². The van der Waals surface area contributed by atoms with Crippen LogP contribution in [0.15, 0.2) is 35.4 Å². The molecule has 0 aromatic carbocycles. The molecule has 34 heavy (non-hydrogen) atoms. The Morgan fingerprint density at radius 1 is 1.09 bits per heavy atom. The van der Waals surface area contributed by atoms with E-state index < -0.39 is 0 Å². The number of pyridine rings is 2. The number of Topliss-reactive ketones (excluding diaryl/α,β-unsaturated/α-hetero) is 1. The molecule has 1 aliphatic heterocycles. The molecule has 1 saturated heterocycles. The van der Waals surface area contributed by atoms with E-state index in [2.05, 4.69) is 20.7 Å². The van der Waals surface area contributed by atoms with Crippen LogP contribution >= 0.6 is 0 Å². The minimum atomic E-state index is -0.235. The average Bonchev–Trinajstić information content (AvgIpc) is 3.22. The van der Waals surface area contributed by atoms with Gasteiger partial charge in [-0.1, -0.05) is 18.9 Å². The summed E-state index contributed by atoms with van der Waals surface area (Å²) in [5.74, 6) is 1.09. The number of aromatic nitrogens is 4. The molecule has 0 radical (unpaired) electrons. The maximum atomic E-state index is 13.6. The van der Waals surface area contributed by atoms with Gasteiger partial charge in [0.1, 0.15) is 11.5 Å². The highest BCUT2D eigenvalue weighted by molar-refractivity contribution is 5.99. The predicted molar refractivity (Wildman–Crippen MR) is 131 cm³/mol. The van der Waals surface area contributed by atoms with Crippen molar-refractivity contribution >= 4 is 28.6 Å². The van der Waals surface area contributed by atoms with Gasteiger partial charge in [-0.25, -0.2) is 9.97 Å². The first kappa shape index (κ1) is 22.6. The van der Waals surface area contributed by atoms with Crippen molar-refractivity contribution in [3.05, 3.63) is 52.1 Å². The van der Waals surface area contributed by atoms with Crippen molar-refractivity contribution in [3.63, 3.8) is 0 Å². The minimum absolute atomic E-state index is 0.0473. The number of anilines is 2. The van der Waals surface area contributed by atoms with Crippen LogP contribution in [-0.4, -0.2) is 44.4 Å². The van der Waals surface area contributed by atoms with E-state index in [4.69, 9.17) is 9.97 Å². The molecule has 5 rings (SSSR count). The number of fused-ring (bicyclic) bond motifs is 1. The summed E-state index contributed by atoms with van der Waals surface area (Å²) in [5, 5.41) is 0.755. The Hall–Kier alpha value is -3.17. The highest BCUT2D eigenvalue weighted by atomic mass is 16.1. The third kappa shape index (κ3) is 4.10. The summed E-state index contributed by atoms with van der Waals surface area (Å²) in [6, 6.07) is 6.00. The molecule has 0 spiro atoms. The molecule has 0 atom stereocenters. The number of nitrogens with one attached hydrogen (secondary N) is 2. The van der Waals surface area contributed by atoms with Gasteiger partial charge in [-0.2, -0.15) is 4.98 Å². The van der Waals surface area contributed by atoms with Crippen LogP contribution in [0, 0.1) is 6.92 Å². The van der Waals surface area contributed by atoms with Crippen molar-refractivity contribution in [1.29, 1.82) is 0 Å². The average molecular weight is 462 g/mol. The molecule has 4 heterocycles. The second kappa shape index (κ2) is 9.60. The number of hydrogen-bond donors (Lipinski definition) is 2. The van der Waals surface area contributed by atoms with E-state index in [-0.39, 0.29) is 29.0 Å². The number of hydrogen-bond acceptors (Lipinski definition) is 8. The van der Waals surface area contributed by atoms with Gasteiger partial charge in [-0.05, 0) is 57.2 Å². The van der Waals surface area contributed by atoms with Crippen molar-refractivity contribution in [2.24, 2.45) is 0 Å². The topological polar surface area (TPSA) is 105 Å². The predicted octanol–water partition coefficient (Wildman–Crippen LogP) is 3.21. The molecule has 9 nitrogen and oxygen atoms in total. The van der Waals surface area contributed by atoms with Gasteiger partial charge in [-0.3, -0.25) is 29.9 Å². The second-order valence-corrected chi connectivity index (χ2v) is 9.22. The zero-order chi connectivity index (χ0) is 23.7. The highest BCUT2D eigenvalue weighted by Gasteiger charge is 2.29. The van der Waals surface area contributed by atoms with Crippen LogP contribution in [0.25, 0.3) is 11.0 Å². The molecule has 2 N–H and O–H groups in total. The summed E-state index contributed by atoms with van der Waals surface area (Å²) in [6.07, 6.45) is 9.30. The lowest BCUT2D eigenvalue weighted by Gasteiger charge is -2.30. The molecule has 0 amide bonds. The van der Waals surface area contributed by atoms with E-state index in [9.17, 15) is 9.59 Å². The van der Waals surface area contributed by atoms with Crippen LogP contribution < -0.4 is 21.3 Å². The summed E-state index contributed by atoms with van der Waals surface area (Å²) >= 11 is 0. The van der Waals surface area contributed by atoms with E-state index in [1.165, 1.54) is 6.92 Å². The number of aryl methyl sites for hydroxylation is 1. The third-order valence-electron chi connectivity index (χ3n) is 7.04. The van der Waals surface area contributed by atoms with Crippen LogP contribution in [-0.2, 0) is 0 Å². The van der Waals surface area contributed by atoms with Gasteiger partial charge < -0.3 is 0 Å². The fourth-order valence-corrected chi connectivity index (χ4v) is 5.36. The lowest BCUT2D eigenvalue weighted by Crippen LogP contribution is -2.35. The van der Waals surface area contributed by atoms with Gasteiger partial charge in [-0.15, -0.1) is 0 Å². The van der Waals surface area contributed by atoms with Crippen LogP contribution in [0.2, 0.25) is 0 Å². The molecule has 3 aromatic heterocycles. The van der Waals surface area contributed by atoms with Crippen LogP contribution in [0.5, 0.6) is 0 Å². The lowest BCUT2D eigenvalue weighted by atomic mass is 10.0. The fraction of sp³-hybridized carbons (Fsp3) is 0.480. The first-order valence-corrected chi connectivity index (χ1v) is 12.1. The van der Waals surface area contributed by atoms with Gasteiger partial charge in [0.05, 0.1) is 5.56 Å². The molecule has 3 aromatic rings. The zero-order valence-electron chi connectivity index (χ0n) is 19.8. The monoisotopic (exact) mass is 461 g/mol. The number of carbonyl (C=O) groups is 1. The zero-order valence-corrected chi connectivity index (χ0v) is 19.8. The quantitative estimate of drug-likeness (QED) is 0.558. The van der Waals surface area contributed by atoms with Crippen LogP contribution in [0.1, 0.15) is 67.4 Å². The van der Waals surface area contributed by atoms with Crippen molar-refractivity contribution in [3.8, 4) is 0 Å². The van der Waals surface area contributed by atoms with E-state index in [1.807, 2.05) is 25.1 Å². The molecular formula is C25H31N7O2. The SMILES string of the molecule is CC(=O)c1c(C)c2cnc(N(c3ccccn3)C3CCNNCC3)nc2n(C2CCCC2)c1=O. The van der Waals surface area contributed by atoms with E-state index in [0.717, 1.165) is 62.8 Å². The number of carbonyl (C=O) groups excluding carboxylic acids is 1. The van der Waals surface area contributed by atoms with Gasteiger partial charge in [0, 0.05) is 43.0 Å². The first-order chi connectivity index (χ1) is 16.6. The van der Waals surface area contributed by atoms with Crippen LogP contribution in [0.4, 0.5) is 11.8 Å². The van der Waals surface area contributed by atoms with Gasteiger partial charge >= 0.3 is 0 Å². The maximum Gasteiger partial charge on any atom is 0.263 e. The highest BCUT2D eigenvalue weighted by Crippen LogP contribution is 2.33. The largest absolute Gasteiger partial charge is 0.294 e.